The lowest BCUT2D eigenvalue weighted by Crippen LogP contribution is -2.33. The summed E-state index contributed by atoms with van der Waals surface area (Å²) in [5.41, 5.74) is 0. The lowest BCUT2D eigenvalue weighted by atomic mass is 10.1. The minimum atomic E-state index is -0.856. The van der Waals surface area contributed by atoms with E-state index in [4.69, 9.17) is 14.6 Å². The van der Waals surface area contributed by atoms with Gasteiger partial charge in [-0.1, -0.05) is 12.1 Å². The second kappa shape index (κ2) is 6.27. The summed E-state index contributed by atoms with van der Waals surface area (Å²) in [7, 11) is 1.53. The molecule has 6 heteroatoms. The molecule has 1 aliphatic heterocycles. The first kappa shape index (κ1) is 14.2. The van der Waals surface area contributed by atoms with Crippen molar-refractivity contribution in [3.05, 3.63) is 24.3 Å². The number of amides is 1. The summed E-state index contributed by atoms with van der Waals surface area (Å²) in [6.45, 7) is 0.598. The lowest BCUT2D eigenvalue weighted by molar-refractivity contribution is -0.141. The molecule has 1 atom stereocenters. The Morgan fingerprint density at radius 3 is 2.65 bits per heavy atom. The highest BCUT2D eigenvalue weighted by atomic mass is 16.5. The summed E-state index contributed by atoms with van der Waals surface area (Å²) in [5.74, 6) is -0.474. The van der Waals surface area contributed by atoms with E-state index in [0.29, 0.717) is 24.5 Å². The van der Waals surface area contributed by atoms with Crippen LogP contribution in [0.2, 0.25) is 0 Å². The van der Waals surface area contributed by atoms with Gasteiger partial charge in [0.15, 0.2) is 18.1 Å². The van der Waals surface area contributed by atoms with Crippen LogP contribution in [0, 0.1) is 5.92 Å². The Morgan fingerprint density at radius 2 is 2.05 bits per heavy atom. The van der Waals surface area contributed by atoms with E-state index in [1.54, 1.807) is 18.2 Å². The van der Waals surface area contributed by atoms with E-state index in [9.17, 15) is 9.59 Å². The number of hydrogen-bond donors (Lipinski definition) is 1. The minimum Gasteiger partial charge on any atom is -0.493 e. The van der Waals surface area contributed by atoms with Crippen molar-refractivity contribution in [2.75, 3.05) is 26.8 Å². The zero-order chi connectivity index (χ0) is 14.5. The summed E-state index contributed by atoms with van der Waals surface area (Å²) in [4.78, 5) is 24.3. The number of ether oxygens (including phenoxy) is 2. The largest absolute Gasteiger partial charge is 0.493 e. The number of benzene rings is 1. The molecule has 0 radical (unpaired) electrons. The Morgan fingerprint density at radius 1 is 1.35 bits per heavy atom. The summed E-state index contributed by atoms with van der Waals surface area (Å²) in [5, 5.41) is 8.90. The van der Waals surface area contributed by atoms with Crippen molar-refractivity contribution in [3.8, 4) is 11.5 Å². The molecule has 0 spiro atoms. The molecule has 20 heavy (non-hydrogen) atoms. The predicted octanol–water partition coefficient (Wildman–Crippen LogP) is 1.01. The number of likely N-dealkylation sites (tertiary alicyclic amines) is 1. The van der Waals surface area contributed by atoms with Crippen LogP contribution in [0.1, 0.15) is 6.42 Å². The number of hydrogen-bond acceptors (Lipinski definition) is 4. The zero-order valence-electron chi connectivity index (χ0n) is 11.2. The van der Waals surface area contributed by atoms with Gasteiger partial charge in [0.1, 0.15) is 0 Å². The van der Waals surface area contributed by atoms with Crippen LogP contribution < -0.4 is 9.47 Å². The Balaban J connectivity index is 1.88. The fourth-order valence-electron chi connectivity index (χ4n) is 2.16. The van der Waals surface area contributed by atoms with Gasteiger partial charge >= 0.3 is 5.97 Å². The SMILES string of the molecule is COc1ccccc1OCC(=O)N1CCC(C(=O)O)C1. The van der Waals surface area contributed by atoms with Crippen LogP contribution >= 0.6 is 0 Å². The third-order valence-corrected chi connectivity index (χ3v) is 3.31. The Hall–Kier alpha value is -2.24. The first-order valence-corrected chi connectivity index (χ1v) is 6.38. The maximum Gasteiger partial charge on any atom is 0.308 e. The van der Waals surface area contributed by atoms with Crippen molar-refractivity contribution in [1.82, 2.24) is 4.90 Å². The number of rotatable bonds is 5. The van der Waals surface area contributed by atoms with Crippen molar-refractivity contribution in [2.45, 2.75) is 6.42 Å². The van der Waals surface area contributed by atoms with Gasteiger partial charge in [-0.25, -0.2) is 0 Å². The van der Waals surface area contributed by atoms with E-state index in [2.05, 4.69) is 0 Å². The molecule has 108 valence electrons. The number of carbonyl (C=O) groups excluding carboxylic acids is 1. The van der Waals surface area contributed by atoms with Crippen LogP contribution in [0.25, 0.3) is 0 Å². The Bertz CT molecular complexity index is 502. The van der Waals surface area contributed by atoms with Crippen LogP contribution in [0.4, 0.5) is 0 Å². The number of carboxylic acid groups (broad SMARTS) is 1. The van der Waals surface area contributed by atoms with E-state index in [-0.39, 0.29) is 19.1 Å². The average Bonchev–Trinajstić information content (AvgIpc) is 2.95. The van der Waals surface area contributed by atoms with Crippen LogP contribution in [-0.2, 0) is 9.59 Å². The molecule has 2 rings (SSSR count). The highest BCUT2D eigenvalue weighted by Crippen LogP contribution is 2.26. The van der Waals surface area contributed by atoms with Crippen molar-refractivity contribution < 1.29 is 24.2 Å². The molecule has 0 saturated carbocycles. The molecule has 1 aromatic rings. The van der Waals surface area contributed by atoms with Gasteiger partial charge in [0.2, 0.25) is 0 Å². The minimum absolute atomic E-state index is 0.118. The Kier molecular flexibility index (Phi) is 4.45. The van der Waals surface area contributed by atoms with Crippen molar-refractivity contribution in [2.24, 2.45) is 5.92 Å². The maximum atomic E-state index is 12.0. The van der Waals surface area contributed by atoms with Gasteiger partial charge in [0.05, 0.1) is 13.0 Å². The standard InChI is InChI=1S/C14H17NO5/c1-19-11-4-2-3-5-12(11)20-9-13(16)15-7-6-10(8-15)14(17)18/h2-5,10H,6-9H2,1H3,(H,17,18). The van der Waals surface area contributed by atoms with E-state index < -0.39 is 11.9 Å². The smallest absolute Gasteiger partial charge is 0.308 e. The lowest BCUT2D eigenvalue weighted by Gasteiger charge is -2.16. The normalized spacial score (nSPS) is 17.9. The highest BCUT2D eigenvalue weighted by molar-refractivity contribution is 5.80. The molecule has 1 unspecified atom stereocenters. The van der Waals surface area contributed by atoms with Crippen molar-refractivity contribution in [3.63, 3.8) is 0 Å². The molecule has 0 bridgehead atoms. The van der Waals surface area contributed by atoms with E-state index in [1.165, 1.54) is 12.0 Å². The summed E-state index contributed by atoms with van der Waals surface area (Å²) < 4.78 is 10.6. The van der Waals surface area contributed by atoms with Gasteiger partial charge in [-0.2, -0.15) is 0 Å². The van der Waals surface area contributed by atoms with Gasteiger partial charge < -0.3 is 19.5 Å². The molecule has 6 nitrogen and oxygen atoms in total. The molecule has 1 amide bonds. The van der Waals surface area contributed by atoms with Gasteiger partial charge in [0, 0.05) is 13.1 Å². The second-order valence-electron chi connectivity index (χ2n) is 4.60. The van der Waals surface area contributed by atoms with E-state index in [0.717, 1.165) is 0 Å². The highest BCUT2D eigenvalue weighted by Gasteiger charge is 2.30. The zero-order valence-corrected chi connectivity index (χ0v) is 11.2. The molecule has 1 aliphatic rings. The molecular formula is C14H17NO5. The molecule has 1 fully saturated rings. The number of aliphatic carboxylic acids is 1. The number of nitrogens with zero attached hydrogens (tertiary/aromatic N) is 1. The summed E-state index contributed by atoms with van der Waals surface area (Å²) in [6.07, 6.45) is 0.496. The molecule has 1 aromatic carbocycles. The second-order valence-corrected chi connectivity index (χ2v) is 4.60. The third-order valence-electron chi connectivity index (χ3n) is 3.31. The average molecular weight is 279 g/mol. The van der Waals surface area contributed by atoms with E-state index >= 15 is 0 Å². The van der Waals surface area contributed by atoms with Gasteiger partial charge in [0.25, 0.3) is 5.91 Å². The first-order chi connectivity index (χ1) is 9.61. The molecule has 1 heterocycles. The Labute approximate surface area is 116 Å². The summed E-state index contributed by atoms with van der Waals surface area (Å²) >= 11 is 0. The van der Waals surface area contributed by atoms with Crippen LogP contribution in [0.3, 0.4) is 0 Å². The fraction of sp³-hybridized carbons (Fsp3) is 0.429. The van der Waals surface area contributed by atoms with Gasteiger partial charge in [-0.05, 0) is 18.6 Å². The number of para-hydroxylation sites is 2. The van der Waals surface area contributed by atoms with Crippen LogP contribution in [0.5, 0.6) is 11.5 Å². The van der Waals surface area contributed by atoms with Crippen LogP contribution in [-0.4, -0.2) is 48.7 Å². The molecule has 1 saturated heterocycles. The topological polar surface area (TPSA) is 76.1 Å². The third kappa shape index (κ3) is 3.20. The molecule has 1 N–H and O–H groups in total. The van der Waals surface area contributed by atoms with Crippen molar-refractivity contribution in [1.29, 1.82) is 0 Å². The van der Waals surface area contributed by atoms with Crippen molar-refractivity contribution >= 4 is 11.9 Å². The maximum absolute atomic E-state index is 12.0. The monoisotopic (exact) mass is 279 g/mol. The fourth-order valence-corrected chi connectivity index (χ4v) is 2.16. The first-order valence-electron chi connectivity index (χ1n) is 6.38. The number of methoxy groups -OCH3 is 1. The number of carbonyl (C=O) groups is 2. The van der Waals surface area contributed by atoms with Gasteiger partial charge in [-0.3, -0.25) is 9.59 Å². The van der Waals surface area contributed by atoms with Gasteiger partial charge in [-0.15, -0.1) is 0 Å². The predicted molar refractivity (Wildman–Crippen MR) is 70.8 cm³/mol. The molecule has 0 aromatic heterocycles. The number of carboxylic acids is 1. The molecular weight excluding hydrogens is 262 g/mol. The summed E-state index contributed by atoms with van der Waals surface area (Å²) in [6, 6.07) is 7.07. The van der Waals surface area contributed by atoms with Crippen LogP contribution in [0.15, 0.2) is 24.3 Å². The quantitative estimate of drug-likeness (QED) is 0.870. The van der Waals surface area contributed by atoms with E-state index in [1.807, 2.05) is 6.07 Å². The molecule has 0 aliphatic carbocycles.